The van der Waals surface area contributed by atoms with Gasteiger partial charge in [0.15, 0.2) is 12.1 Å². The Morgan fingerprint density at radius 2 is 1.94 bits per heavy atom. The molecule has 0 spiro atoms. The smallest absolute Gasteiger partial charge is 0.186 e. The van der Waals surface area contributed by atoms with Crippen LogP contribution in [0.5, 0.6) is 0 Å². The van der Waals surface area contributed by atoms with Gasteiger partial charge >= 0.3 is 0 Å². The standard InChI is InChI=1S/C12H23NO4/c1-5-6-13-7-8-9-10(11(14-4)15-8)17-12(2,3)16-9/h8-11,13H,5-7H2,1-4H3/t8-,9-,10-,11+/m0/s1. The highest BCUT2D eigenvalue weighted by Crippen LogP contribution is 2.38. The Balaban J connectivity index is 1.95. The lowest BCUT2D eigenvalue weighted by Gasteiger charge is -2.23. The zero-order chi connectivity index (χ0) is 12.5. The lowest BCUT2D eigenvalue weighted by atomic mass is 10.1. The first-order chi connectivity index (χ1) is 8.07. The van der Waals surface area contributed by atoms with E-state index in [1.165, 1.54) is 0 Å². The molecule has 2 aliphatic rings. The van der Waals surface area contributed by atoms with Gasteiger partial charge in [0.25, 0.3) is 0 Å². The van der Waals surface area contributed by atoms with Gasteiger partial charge in [0.2, 0.25) is 0 Å². The van der Waals surface area contributed by atoms with Crippen molar-refractivity contribution < 1.29 is 18.9 Å². The Bertz CT molecular complexity index is 259. The molecule has 2 saturated heterocycles. The zero-order valence-corrected chi connectivity index (χ0v) is 11.1. The fourth-order valence-corrected chi connectivity index (χ4v) is 2.42. The number of hydrogen-bond acceptors (Lipinski definition) is 5. The number of nitrogens with one attached hydrogen (secondary N) is 1. The minimum absolute atomic E-state index is 0.00160. The van der Waals surface area contributed by atoms with Crippen LogP contribution in [-0.4, -0.2) is 50.6 Å². The second-order valence-corrected chi connectivity index (χ2v) is 5.05. The van der Waals surface area contributed by atoms with Crippen molar-refractivity contribution in [2.45, 2.75) is 57.6 Å². The molecular formula is C12H23NO4. The number of hydrogen-bond donors (Lipinski definition) is 1. The minimum Gasteiger partial charge on any atom is -0.353 e. The van der Waals surface area contributed by atoms with E-state index in [-0.39, 0.29) is 24.6 Å². The van der Waals surface area contributed by atoms with E-state index in [1.54, 1.807) is 7.11 Å². The highest BCUT2D eigenvalue weighted by molar-refractivity contribution is 4.95. The predicted octanol–water partition coefficient (Wildman–Crippen LogP) is 0.877. The van der Waals surface area contributed by atoms with Crippen LogP contribution in [0.15, 0.2) is 0 Å². The molecule has 0 aliphatic carbocycles. The van der Waals surface area contributed by atoms with Gasteiger partial charge in [-0.15, -0.1) is 0 Å². The average molecular weight is 245 g/mol. The van der Waals surface area contributed by atoms with E-state index in [2.05, 4.69) is 12.2 Å². The second kappa shape index (κ2) is 5.20. The van der Waals surface area contributed by atoms with Gasteiger partial charge in [0, 0.05) is 13.7 Å². The molecule has 2 aliphatic heterocycles. The molecule has 0 radical (unpaired) electrons. The first-order valence-corrected chi connectivity index (χ1v) is 6.32. The minimum atomic E-state index is -0.543. The van der Waals surface area contributed by atoms with Gasteiger partial charge in [-0.3, -0.25) is 0 Å². The molecule has 17 heavy (non-hydrogen) atoms. The SMILES string of the molecule is CCCNC[C@@H]1O[C@@H](OC)[C@H]2OC(C)(C)O[C@H]21. The molecule has 0 unspecified atom stereocenters. The van der Waals surface area contributed by atoms with Crippen molar-refractivity contribution in [1.29, 1.82) is 0 Å². The number of ether oxygens (including phenoxy) is 4. The average Bonchev–Trinajstić information content (AvgIpc) is 2.73. The lowest BCUT2D eigenvalue weighted by Crippen LogP contribution is -2.37. The summed E-state index contributed by atoms with van der Waals surface area (Å²) in [5.74, 6) is -0.543. The molecule has 0 aromatic rings. The first-order valence-electron chi connectivity index (χ1n) is 6.32. The second-order valence-electron chi connectivity index (χ2n) is 5.05. The van der Waals surface area contributed by atoms with Gasteiger partial charge in [-0.2, -0.15) is 0 Å². The van der Waals surface area contributed by atoms with Gasteiger partial charge in [0.05, 0.1) is 0 Å². The molecule has 2 rings (SSSR count). The van der Waals surface area contributed by atoms with E-state index in [0.717, 1.165) is 19.5 Å². The zero-order valence-electron chi connectivity index (χ0n) is 11.1. The summed E-state index contributed by atoms with van der Waals surface area (Å²) in [6.45, 7) is 7.75. The highest BCUT2D eigenvalue weighted by atomic mass is 16.8. The van der Waals surface area contributed by atoms with Gasteiger partial charge in [-0.05, 0) is 26.8 Å². The molecule has 2 fully saturated rings. The molecule has 2 heterocycles. The molecule has 4 atom stereocenters. The van der Waals surface area contributed by atoms with Crippen LogP contribution in [0.4, 0.5) is 0 Å². The third-order valence-corrected chi connectivity index (χ3v) is 3.11. The van der Waals surface area contributed by atoms with Crippen LogP contribution >= 0.6 is 0 Å². The van der Waals surface area contributed by atoms with Crippen LogP contribution < -0.4 is 5.32 Å². The number of fused-ring (bicyclic) bond motifs is 1. The Labute approximate surface area is 103 Å². The molecule has 5 nitrogen and oxygen atoms in total. The maximum Gasteiger partial charge on any atom is 0.186 e. The number of rotatable bonds is 5. The molecule has 100 valence electrons. The Morgan fingerprint density at radius 3 is 2.59 bits per heavy atom. The Hall–Kier alpha value is -0.200. The summed E-state index contributed by atoms with van der Waals surface area (Å²) in [5, 5.41) is 3.35. The summed E-state index contributed by atoms with van der Waals surface area (Å²) in [6, 6.07) is 0. The van der Waals surface area contributed by atoms with E-state index in [0.29, 0.717) is 0 Å². The van der Waals surface area contributed by atoms with Crippen LogP contribution in [0.2, 0.25) is 0 Å². The fraction of sp³-hybridized carbons (Fsp3) is 1.00. The summed E-state index contributed by atoms with van der Waals surface area (Å²) in [7, 11) is 1.64. The van der Waals surface area contributed by atoms with Crippen molar-refractivity contribution in [1.82, 2.24) is 5.32 Å². The molecule has 0 aromatic heterocycles. The number of methoxy groups -OCH3 is 1. The summed E-state index contributed by atoms with van der Waals surface area (Å²) in [6.07, 6.45) is 0.619. The molecule has 0 saturated carbocycles. The van der Waals surface area contributed by atoms with Gasteiger partial charge in [0.1, 0.15) is 18.3 Å². The van der Waals surface area contributed by atoms with Gasteiger partial charge in [-0.1, -0.05) is 6.92 Å². The monoisotopic (exact) mass is 245 g/mol. The van der Waals surface area contributed by atoms with Gasteiger partial charge in [-0.25, -0.2) is 0 Å². The Kier molecular flexibility index (Phi) is 4.05. The third-order valence-electron chi connectivity index (χ3n) is 3.11. The largest absolute Gasteiger partial charge is 0.353 e. The van der Waals surface area contributed by atoms with Crippen molar-refractivity contribution in [3.05, 3.63) is 0 Å². The summed E-state index contributed by atoms with van der Waals surface area (Å²) < 4.78 is 22.8. The molecule has 0 aromatic carbocycles. The van der Waals surface area contributed by atoms with Crippen molar-refractivity contribution >= 4 is 0 Å². The summed E-state index contributed by atoms with van der Waals surface area (Å²) in [4.78, 5) is 0. The Morgan fingerprint density at radius 1 is 1.24 bits per heavy atom. The lowest BCUT2D eigenvalue weighted by molar-refractivity contribution is -0.226. The first kappa shape index (κ1) is 13.2. The van der Waals surface area contributed by atoms with Crippen LogP contribution in [-0.2, 0) is 18.9 Å². The van der Waals surface area contributed by atoms with Crippen LogP contribution in [0.3, 0.4) is 0 Å². The van der Waals surface area contributed by atoms with E-state index in [9.17, 15) is 0 Å². The summed E-state index contributed by atoms with van der Waals surface area (Å²) in [5.41, 5.74) is 0. The van der Waals surface area contributed by atoms with E-state index in [1.807, 2.05) is 13.8 Å². The quantitative estimate of drug-likeness (QED) is 0.729. The van der Waals surface area contributed by atoms with Crippen molar-refractivity contribution in [3.63, 3.8) is 0 Å². The fourth-order valence-electron chi connectivity index (χ4n) is 2.42. The normalized spacial score (nSPS) is 39.5. The molecule has 0 amide bonds. The third kappa shape index (κ3) is 2.80. The van der Waals surface area contributed by atoms with Crippen LogP contribution in [0, 0.1) is 0 Å². The molecule has 5 heteroatoms. The topological polar surface area (TPSA) is 49.0 Å². The maximum atomic E-state index is 5.88. The van der Waals surface area contributed by atoms with Crippen LogP contribution in [0.25, 0.3) is 0 Å². The summed E-state index contributed by atoms with van der Waals surface area (Å²) >= 11 is 0. The van der Waals surface area contributed by atoms with Crippen molar-refractivity contribution in [3.8, 4) is 0 Å². The highest BCUT2D eigenvalue weighted by Gasteiger charge is 2.55. The van der Waals surface area contributed by atoms with Crippen molar-refractivity contribution in [2.24, 2.45) is 0 Å². The van der Waals surface area contributed by atoms with E-state index < -0.39 is 5.79 Å². The van der Waals surface area contributed by atoms with E-state index in [4.69, 9.17) is 18.9 Å². The van der Waals surface area contributed by atoms with Crippen molar-refractivity contribution in [2.75, 3.05) is 20.2 Å². The predicted molar refractivity (Wildman–Crippen MR) is 62.7 cm³/mol. The van der Waals surface area contributed by atoms with Crippen LogP contribution in [0.1, 0.15) is 27.2 Å². The molecule has 1 N–H and O–H groups in total. The molecule has 0 bridgehead atoms. The maximum absolute atomic E-state index is 5.88. The van der Waals surface area contributed by atoms with Gasteiger partial charge < -0.3 is 24.3 Å². The molecular weight excluding hydrogens is 222 g/mol. The van der Waals surface area contributed by atoms with E-state index >= 15 is 0 Å².